The molecule has 4 amide bonds. The number of amides is 4. The van der Waals surface area contributed by atoms with Crippen LogP contribution >= 0.6 is 0 Å². The van der Waals surface area contributed by atoms with Crippen molar-refractivity contribution in [3.63, 3.8) is 0 Å². The average Bonchev–Trinajstić information content (AvgIpc) is 3.77. The number of hydrogen-bond donors (Lipinski definition) is 4. The zero-order valence-electron chi connectivity index (χ0n) is 37.6. The third-order valence-corrected chi connectivity index (χ3v) is 13.5. The number of fused-ring (bicyclic) bond motifs is 1. The standard InChI is InChI=1S/C49H60N8O6/c1-9-29-18-21-56(45(59)41(48(4,5)6)55-47(61)63-8)40(29)43-51-25-36(53-43)31-12-10-30(11-13-31)32-14-15-34-23-35(17-16-33(34)22-32)37-26-50-42(52-37)38-24-49(19-20-49)27-57(38)44(58)39(28(2)3)54-46(60)62-7/h10-17,22-23,25-26,28-29,38-41H,9,18-21,24,27H2,1-8H3,(H,50,52)(H,51,53)(H,54,60)(H,55,61)/t29-,38+,39?,40+,41?/m1/s1. The van der Waals surface area contributed by atoms with Crippen molar-refractivity contribution in [1.82, 2.24) is 40.4 Å². The summed E-state index contributed by atoms with van der Waals surface area (Å²) < 4.78 is 9.68. The van der Waals surface area contributed by atoms with Crippen molar-refractivity contribution < 1.29 is 28.7 Å². The fourth-order valence-electron chi connectivity index (χ4n) is 9.56. The highest BCUT2D eigenvalue weighted by atomic mass is 16.5. The Labute approximate surface area is 368 Å². The Morgan fingerprint density at radius 1 is 0.778 bits per heavy atom. The van der Waals surface area contributed by atoms with E-state index in [0.717, 1.165) is 88.2 Å². The number of aromatic amines is 2. The van der Waals surface area contributed by atoms with Crippen LogP contribution in [0.2, 0.25) is 0 Å². The molecule has 14 nitrogen and oxygen atoms in total. The number of rotatable bonds is 11. The van der Waals surface area contributed by atoms with E-state index < -0.39 is 29.7 Å². The van der Waals surface area contributed by atoms with Crippen molar-refractivity contribution in [3.05, 3.63) is 84.7 Å². The number of likely N-dealkylation sites (tertiary alicyclic amines) is 2. The van der Waals surface area contributed by atoms with E-state index in [4.69, 9.17) is 19.4 Å². The van der Waals surface area contributed by atoms with Gasteiger partial charge in [-0.05, 0) is 87.9 Å². The van der Waals surface area contributed by atoms with Gasteiger partial charge in [0.25, 0.3) is 0 Å². The second kappa shape index (κ2) is 17.2. The molecule has 4 heterocycles. The van der Waals surface area contributed by atoms with E-state index in [9.17, 15) is 19.2 Å². The van der Waals surface area contributed by atoms with E-state index in [1.807, 2.05) is 56.8 Å². The predicted molar refractivity (Wildman–Crippen MR) is 241 cm³/mol. The van der Waals surface area contributed by atoms with Crippen LogP contribution in [0.25, 0.3) is 44.4 Å². The molecule has 3 aromatic carbocycles. The van der Waals surface area contributed by atoms with Crippen LogP contribution in [0.5, 0.6) is 0 Å². The summed E-state index contributed by atoms with van der Waals surface area (Å²) in [5.74, 6) is 1.37. The van der Waals surface area contributed by atoms with Gasteiger partial charge in [-0.2, -0.15) is 0 Å². The monoisotopic (exact) mass is 856 g/mol. The molecule has 3 fully saturated rings. The lowest BCUT2D eigenvalue weighted by molar-refractivity contribution is -0.137. The number of nitrogens with one attached hydrogen (secondary N) is 4. The normalized spacial score (nSPS) is 20.2. The maximum Gasteiger partial charge on any atom is 0.407 e. The number of aromatic nitrogens is 4. The third kappa shape index (κ3) is 8.76. The second-order valence-corrected chi connectivity index (χ2v) is 19.1. The van der Waals surface area contributed by atoms with Gasteiger partial charge < -0.3 is 39.9 Å². The number of imidazole rings is 2. The molecular formula is C49H60N8O6. The van der Waals surface area contributed by atoms with Crippen LogP contribution in [-0.4, -0.2) is 93.1 Å². The highest BCUT2D eigenvalue weighted by molar-refractivity contribution is 5.91. The van der Waals surface area contributed by atoms with E-state index in [2.05, 4.69) is 88.2 Å². The minimum atomic E-state index is -0.752. The minimum Gasteiger partial charge on any atom is -0.453 e. The molecule has 63 heavy (non-hydrogen) atoms. The van der Waals surface area contributed by atoms with Gasteiger partial charge in [0.05, 0.1) is 50.1 Å². The van der Waals surface area contributed by atoms with Gasteiger partial charge in [-0.15, -0.1) is 0 Å². The number of carbonyl (C=O) groups excluding carboxylic acids is 4. The fraction of sp³-hybridized carbons (Fsp3) is 0.469. The summed E-state index contributed by atoms with van der Waals surface area (Å²) in [4.78, 5) is 72.8. The highest BCUT2D eigenvalue weighted by Crippen LogP contribution is 2.58. The third-order valence-electron chi connectivity index (χ3n) is 13.5. The summed E-state index contributed by atoms with van der Waals surface area (Å²) in [5, 5.41) is 7.73. The van der Waals surface area contributed by atoms with Crippen molar-refractivity contribution in [3.8, 4) is 33.6 Å². The van der Waals surface area contributed by atoms with Crippen LogP contribution in [0.3, 0.4) is 0 Å². The molecule has 332 valence electrons. The van der Waals surface area contributed by atoms with Crippen LogP contribution in [0, 0.1) is 22.7 Å². The number of nitrogens with zero attached hydrogens (tertiary/aromatic N) is 4. The lowest BCUT2D eigenvalue weighted by Crippen LogP contribution is -2.54. The fourth-order valence-corrected chi connectivity index (χ4v) is 9.56. The Bertz CT molecular complexity index is 2500. The van der Waals surface area contributed by atoms with Gasteiger partial charge in [-0.25, -0.2) is 19.6 Å². The summed E-state index contributed by atoms with van der Waals surface area (Å²) in [5.41, 5.74) is 5.51. The smallest absolute Gasteiger partial charge is 0.407 e. The summed E-state index contributed by atoms with van der Waals surface area (Å²) in [6, 6.07) is 19.4. The maximum absolute atomic E-state index is 14.0. The summed E-state index contributed by atoms with van der Waals surface area (Å²) in [7, 11) is 2.61. The van der Waals surface area contributed by atoms with Gasteiger partial charge in [0.1, 0.15) is 23.7 Å². The van der Waals surface area contributed by atoms with Gasteiger partial charge in [-0.3, -0.25) is 9.59 Å². The van der Waals surface area contributed by atoms with Gasteiger partial charge in [-0.1, -0.05) is 96.5 Å². The van der Waals surface area contributed by atoms with Crippen LogP contribution in [-0.2, 0) is 19.1 Å². The molecule has 5 atom stereocenters. The molecule has 5 aromatic rings. The Morgan fingerprint density at radius 3 is 1.97 bits per heavy atom. The molecule has 4 N–H and O–H groups in total. The number of hydrogen-bond acceptors (Lipinski definition) is 8. The van der Waals surface area contributed by atoms with Gasteiger partial charge in [0.2, 0.25) is 11.8 Å². The Kier molecular flexibility index (Phi) is 11.9. The first-order valence-corrected chi connectivity index (χ1v) is 22.2. The number of H-pyrrole nitrogens is 2. The molecule has 1 spiro atoms. The zero-order chi connectivity index (χ0) is 44.8. The first-order valence-electron chi connectivity index (χ1n) is 22.2. The molecule has 3 aliphatic rings. The Balaban J connectivity index is 0.968. The Morgan fingerprint density at radius 2 is 1.35 bits per heavy atom. The van der Waals surface area contributed by atoms with E-state index in [-0.39, 0.29) is 41.1 Å². The van der Waals surface area contributed by atoms with Crippen LogP contribution in [0.15, 0.2) is 73.1 Å². The van der Waals surface area contributed by atoms with E-state index in [0.29, 0.717) is 13.1 Å². The van der Waals surface area contributed by atoms with E-state index in [1.165, 1.54) is 14.2 Å². The van der Waals surface area contributed by atoms with Gasteiger partial charge in [0, 0.05) is 18.7 Å². The summed E-state index contributed by atoms with van der Waals surface area (Å²) in [6.45, 7) is 13.0. The summed E-state index contributed by atoms with van der Waals surface area (Å²) >= 11 is 0. The molecule has 2 saturated heterocycles. The lowest BCUT2D eigenvalue weighted by Gasteiger charge is -2.35. The number of alkyl carbamates (subject to hydrolysis) is 2. The molecule has 0 bridgehead atoms. The molecule has 2 aromatic heterocycles. The van der Waals surface area contributed by atoms with Crippen molar-refractivity contribution >= 4 is 34.8 Å². The van der Waals surface area contributed by atoms with Crippen LogP contribution in [0.1, 0.15) is 97.4 Å². The van der Waals surface area contributed by atoms with Crippen molar-refractivity contribution in [2.45, 2.75) is 97.8 Å². The van der Waals surface area contributed by atoms with Crippen molar-refractivity contribution in [2.24, 2.45) is 22.7 Å². The second-order valence-electron chi connectivity index (χ2n) is 19.1. The first-order chi connectivity index (χ1) is 30.1. The van der Waals surface area contributed by atoms with Gasteiger partial charge in [0.15, 0.2) is 0 Å². The molecule has 1 aliphatic carbocycles. The molecule has 2 unspecified atom stereocenters. The zero-order valence-corrected chi connectivity index (χ0v) is 37.6. The molecule has 14 heteroatoms. The van der Waals surface area contributed by atoms with Gasteiger partial charge >= 0.3 is 12.2 Å². The first kappa shape index (κ1) is 43.5. The number of benzene rings is 3. The predicted octanol–water partition coefficient (Wildman–Crippen LogP) is 8.79. The van der Waals surface area contributed by atoms with Crippen molar-refractivity contribution in [2.75, 3.05) is 27.3 Å². The maximum atomic E-state index is 14.0. The van der Waals surface area contributed by atoms with E-state index in [1.54, 1.807) is 0 Å². The number of ether oxygens (including phenoxy) is 2. The average molecular weight is 857 g/mol. The number of methoxy groups -OCH3 is 2. The molecule has 2 aliphatic heterocycles. The summed E-state index contributed by atoms with van der Waals surface area (Å²) in [6.07, 6.45) is 7.20. The van der Waals surface area contributed by atoms with Crippen LogP contribution < -0.4 is 10.6 Å². The minimum absolute atomic E-state index is 0.107. The Hall–Kier alpha value is -6.18. The molecular weight excluding hydrogens is 797 g/mol. The lowest BCUT2D eigenvalue weighted by atomic mass is 9.85. The SMILES string of the molecule is CC[C@@H]1CCN(C(=O)C(NC(=O)OC)C(C)(C)C)[C@@H]1c1ncc(-c2ccc(-c3ccc4cc(-c5cnc([C@@H]6CC7(CC7)CN6C(=O)C(NC(=O)OC)C(C)C)[nH]5)ccc4c3)cc2)[nH]1. The largest absolute Gasteiger partial charge is 0.453 e. The van der Waals surface area contributed by atoms with E-state index >= 15 is 0 Å². The quantitative estimate of drug-likeness (QED) is 0.102. The highest BCUT2D eigenvalue weighted by Gasteiger charge is 2.55. The van der Waals surface area contributed by atoms with Crippen molar-refractivity contribution in [1.29, 1.82) is 0 Å². The topological polar surface area (TPSA) is 175 Å². The number of carbonyl (C=O) groups is 4. The molecule has 8 rings (SSSR count). The van der Waals surface area contributed by atoms with Crippen LogP contribution in [0.4, 0.5) is 9.59 Å². The molecule has 1 saturated carbocycles. The molecule has 0 radical (unpaired) electrons.